The van der Waals surface area contributed by atoms with Crippen LogP contribution in [0, 0.1) is 5.92 Å². The first-order valence-corrected chi connectivity index (χ1v) is 9.52. The van der Waals surface area contributed by atoms with Gasteiger partial charge >= 0.3 is 18.2 Å². The molecule has 0 spiro atoms. The van der Waals surface area contributed by atoms with Gasteiger partial charge in [-0.05, 0) is 18.9 Å². The normalized spacial score (nSPS) is 21.2. The first-order chi connectivity index (χ1) is 15.2. The average molecular weight is 450 g/mol. The number of halogens is 3. The van der Waals surface area contributed by atoms with Gasteiger partial charge in [-0.1, -0.05) is 0 Å². The number of fused-ring (bicyclic) bond motifs is 1. The summed E-state index contributed by atoms with van der Waals surface area (Å²) in [6.07, 6.45) is 0.817. The number of pyridine rings is 1. The van der Waals surface area contributed by atoms with Crippen molar-refractivity contribution >= 4 is 41.5 Å². The van der Waals surface area contributed by atoms with Crippen LogP contribution in [0.1, 0.15) is 23.2 Å². The number of hydrogen-bond acceptors (Lipinski definition) is 7. The van der Waals surface area contributed by atoms with E-state index in [1.54, 1.807) is 0 Å². The van der Waals surface area contributed by atoms with Crippen molar-refractivity contribution in [1.82, 2.24) is 14.8 Å². The van der Waals surface area contributed by atoms with Crippen LogP contribution in [0.3, 0.4) is 0 Å². The highest BCUT2D eigenvalue weighted by molar-refractivity contribution is 6.35. The molecule has 1 aromatic rings. The van der Waals surface area contributed by atoms with Gasteiger partial charge in [0.15, 0.2) is 12.0 Å². The van der Waals surface area contributed by atoms with E-state index in [4.69, 9.17) is 4.74 Å². The number of carbonyl (C=O) groups excluding carboxylic acids is 3. The highest BCUT2D eigenvalue weighted by Gasteiger charge is 2.40. The summed E-state index contributed by atoms with van der Waals surface area (Å²) in [7, 11) is 1.16. The van der Waals surface area contributed by atoms with E-state index in [1.165, 1.54) is 18.4 Å². The van der Waals surface area contributed by atoms with Gasteiger partial charge in [0.2, 0.25) is 5.91 Å². The van der Waals surface area contributed by atoms with E-state index in [1.807, 2.05) is 0 Å². The molecule has 10 nitrogen and oxygen atoms in total. The van der Waals surface area contributed by atoms with Crippen molar-refractivity contribution in [3.05, 3.63) is 30.1 Å². The molecule has 13 heteroatoms. The summed E-state index contributed by atoms with van der Waals surface area (Å²) in [6, 6.07) is 0.348. The van der Waals surface area contributed by atoms with Crippen LogP contribution in [-0.4, -0.2) is 70.7 Å². The van der Waals surface area contributed by atoms with Crippen molar-refractivity contribution in [3.63, 3.8) is 0 Å². The molecular formula is C19H17F3N6O4. The predicted octanol–water partition coefficient (Wildman–Crippen LogP) is 2.47. The summed E-state index contributed by atoms with van der Waals surface area (Å²) in [5.74, 6) is -1.03. The SMILES string of the molecule is COC(=O)c1cnc(NC(=O)C2CC2)cc1N=C1C=NC2C=CN(CC(F)(F)F)C(=O)N12. The summed E-state index contributed by atoms with van der Waals surface area (Å²) in [5, 5.41) is 2.62. The number of methoxy groups -OCH3 is 1. The minimum atomic E-state index is -4.59. The summed E-state index contributed by atoms with van der Waals surface area (Å²) < 4.78 is 43.1. The highest BCUT2D eigenvalue weighted by Crippen LogP contribution is 2.31. The van der Waals surface area contributed by atoms with Crippen molar-refractivity contribution in [1.29, 1.82) is 0 Å². The molecule has 0 radical (unpaired) electrons. The van der Waals surface area contributed by atoms with Crippen molar-refractivity contribution in [2.24, 2.45) is 15.9 Å². The molecule has 32 heavy (non-hydrogen) atoms. The third-order valence-corrected chi connectivity index (χ3v) is 4.82. The summed E-state index contributed by atoms with van der Waals surface area (Å²) in [4.78, 5) is 50.6. The molecule has 1 atom stereocenters. The number of amidine groups is 1. The smallest absolute Gasteiger partial charge is 0.406 e. The lowest BCUT2D eigenvalue weighted by atomic mass is 10.2. The summed E-state index contributed by atoms with van der Waals surface area (Å²) >= 11 is 0. The van der Waals surface area contributed by atoms with Crippen LogP contribution in [-0.2, 0) is 9.53 Å². The molecule has 3 heterocycles. The number of carbonyl (C=O) groups is 3. The van der Waals surface area contributed by atoms with Gasteiger partial charge in [0, 0.05) is 24.4 Å². The second-order valence-corrected chi connectivity index (χ2v) is 7.24. The number of ether oxygens (including phenoxy) is 1. The minimum Gasteiger partial charge on any atom is -0.465 e. The van der Waals surface area contributed by atoms with Crippen LogP contribution in [0.5, 0.6) is 0 Å². The maximum Gasteiger partial charge on any atom is 0.406 e. The molecule has 3 aliphatic rings. The number of aliphatic imine (C=N–C) groups is 2. The lowest BCUT2D eigenvalue weighted by molar-refractivity contribution is -0.136. The van der Waals surface area contributed by atoms with Gasteiger partial charge in [-0.3, -0.25) is 14.7 Å². The molecule has 168 valence electrons. The Balaban J connectivity index is 1.66. The number of anilines is 1. The maximum atomic E-state index is 12.8. The minimum absolute atomic E-state index is 0.00442. The fourth-order valence-electron chi connectivity index (χ4n) is 3.10. The van der Waals surface area contributed by atoms with Crippen LogP contribution in [0.4, 0.5) is 29.5 Å². The number of aromatic nitrogens is 1. The fraction of sp³-hybridized carbons (Fsp3) is 0.368. The topological polar surface area (TPSA) is 117 Å². The molecule has 0 aromatic carbocycles. The number of amides is 3. The van der Waals surface area contributed by atoms with Gasteiger partial charge < -0.3 is 10.1 Å². The van der Waals surface area contributed by atoms with Crippen LogP contribution in [0.2, 0.25) is 0 Å². The van der Waals surface area contributed by atoms with E-state index < -0.39 is 30.9 Å². The molecule has 0 saturated heterocycles. The Morgan fingerprint density at radius 1 is 1.34 bits per heavy atom. The molecular weight excluding hydrogens is 433 g/mol. The first-order valence-electron chi connectivity index (χ1n) is 9.52. The second kappa shape index (κ2) is 8.05. The largest absolute Gasteiger partial charge is 0.465 e. The number of nitrogens with zero attached hydrogens (tertiary/aromatic N) is 5. The molecule has 1 unspecified atom stereocenters. The standard InChI is InChI=1S/C19H17F3N6O4/c1-32-17(30)11-7-23-13(26-16(29)10-2-3-10)6-12(11)25-15-8-24-14-4-5-27(9-19(20,21)22)18(31)28(14)15/h4-8,10,14H,2-3,9H2,1H3,(H,23,26,29). The Hall–Kier alpha value is -3.77. The monoisotopic (exact) mass is 450 g/mol. The molecule has 2 aliphatic heterocycles. The van der Waals surface area contributed by atoms with Crippen LogP contribution >= 0.6 is 0 Å². The third kappa shape index (κ3) is 4.45. The zero-order chi connectivity index (χ0) is 23.0. The number of esters is 1. The van der Waals surface area contributed by atoms with E-state index >= 15 is 0 Å². The van der Waals surface area contributed by atoms with Gasteiger partial charge in [0.25, 0.3) is 0 Å². The van der Waals surface area contributed by atoms with Crippen molar-refractivity contribution in [3.8, 4) is 0 Å². The Labute approximate surface area is 179 Å². The van der Waals surface area contributed by atoms with E-state index in [0.29, 0.717) is 4.90 Å². The van der Waals surface area contributed by atoms with Crippen LogP contribution in [0.15, 0.2) is 34.5 Å². The number of alkyl halides is 3. The zero-order valence-corrected chi connectivity index (χ0v) is 16.7. The van der Waals surface area contributed by atoms with Crippen LogP contribution in [0.25, 0.3) is 0 Å². The van der Waals surface area contributed by atoms with Gasteiger partial charge in [0.1, 0.15) is 17.9 Å². The van der Waals surface area contributed by atoms with E-state index in [0.717, 1.165) is 37.2 Å². The van der Waals surface area contributed by atoms with Gasteiger partial charge in [0.05, 0.1) is 19.0 Å². The summed E-state index contributed by atoms with van der Waals surface area (Å²) in [6.45, 7) is -1.47. The zero-order valence-electron chi connectivity index (χ0n) is 16.7. The van der Waals surface area contributed by atoms with E-state index in [-0.39, 0.29) is 34.7 Å². The molecule has 3 amide bonds. The van der Waals surface area contributed by atoms with Crippen LogP contribution < -0.4 is 5.32 Å². The lowest BCUT2D eigenvalue weighted by Gasteiger charge is -2.32. The molecule has 1 saturated carbocycles. The Bertz CT molecular complexity index is 1060. The van der Waals surface area contributed by atoms with Crippen molar-refractivity contribution in [2.45, 2.75) is 25.2 Å². The first kappa shape index (κ1) is 21.5. The Morgan fingerprint density at radius 3 is 2.75 bits per heavy atom. The number of nitrogens with one attached hydrogen (secondary N) is 1. The average Bonchev–Trinajstić information content (AvgIpc) is 3.51. The van der Waals surface area contributed by atoms with E-state index in [9.17, 15) is 27.6 Å². The van der Waals surface area contributed by atoms with Gasteiger partial charge in [-0.15, -0.1) is 0 Å². The maximum absolute atomic E-state index is 12.8. The van der Waals surface area contributed by atoms with Gasteiger partial charge in [-0.25, -0.2) is 24.5 Å². The molecule has 0 bridgehead atoms. The lowest BCUT2D eigenvalue weighted by Crippen LogP contribution is -2.51. The Morgan fingerprint density at radius 2 is 2.09 bits per heavy atom. The molecule has 1 aliphatic carbocycles. The highest BCUT2D eigenvalue weighted by atomic mass is 19.4. The fourth-order valence-corrected chi connectivity index (χ4v) is 3.10. The van der Waals surface area contributed by atoms with Crippen molar-refractivity contribution < 1.29 is 32.3 Å². The number of rotatable bonds is 5. The van der Waals surface area contributed by atoms with E-state index in [2.05, 4.69) is 20.3 Å². The summed E-state index contributed by atoms with van der Waals surface area (Å²) in [5.41, 5.74) is -0.0572. The second-order valence-electron chi connectivity index (χ2n) is 7.24. The third-order valence-electron chi connectivity index (χ3n) is 4.82. The Kier molecular flexibility index (Phi) is 5.40. The number of hydrogen-bond donors (Lipinski definition) is 1. The molecule has 1 N–H and O–H groups in total. The molecule has 1 fully saturated rings. The van der Waals surface area contributed by atoms with Crippen molar-refractivity contribution in [2.75, 3.05) is 19.0 Å². The quantitative estimate of drug-likeness (QED) is 0.692. The molecule has 4 rings (SSSR count). The number of urea groups is 1. The molecule has 1 aromatic heterocycles. The predicted molar refractivity (Wildman–Crippen MR) is 105 cm³/mol. The van der Waals surface area contributed by atoms with Gasteiger partial charge in [-0.2, -0.15) is 13.2 Å².